The van der Waals surface area contributed by atoms with Gasteiger partial charge in [0.05, 0.1) is 22.5 Å². The van der Waals surface area contributed by atoms with Crippen LogP contribution in [0.2, 0.25) is 5.15 Å². The van der Waals surface area contributed by atoms with Gasteiger partial charge in [-0.2, -0.15) is 5.10 Å². The fourth-order valence-electron chi connectivity index (χ4n) is 1.96. The minimum atomic E-state index is -0.480. The Morgan fingerprint density at radius 3 is 2.54 bits per heavy atom. The van der Waals surface area contributed by atoms with Crippen LogP contribution in [0.3, 0.4) is 0 Å². The zero-order chi connectivity index (χ0) is 17.1. The van der Waals surface area contributed by atoms with Crippen LogP contribution in [0.1, 0.15) is 10.5 Å². The summed E-state index contributed by atoms with van der Waals surface area (Å²) in [5.41, 5.74) is 1.28. The van der Waals surface area contributed by atoms with Gasteiger partial charge in [0.25, 0.3) is 11.6 Å². The Hall–Kier alpha value is -3.26. The summed E-state index contributed by atoms with van der Waals surface area (Å²) in [6, 6.07) is 10.6. The van der Waals surface area contributed by atoms with Crippen LogP contribution in [0.4, 0.5) is 11.4 Å². The molecule has 0 aliphatic rings. The van der Waals surface area contributed by atoms with Gasteiger partial charge in [0.1, 0.15) is 5.15 Å². The molecule has 3 rings (SSSR count). The summed E-state index contributed by atoms with van der Waals surface area (Å²) in [7, 11) is 0. The van der Waals surface area contributed by atoms with Gasteiger partial charge in [0.15, 0.2) is 5.69 Å². The number of nitrogens with one attached hydrogen (secondary N) is 1. The monoisotopic (exact) mass is 343 g/mol. The maximum absolute atomic E-state index is 12.2. The first-order valence-corrected chi connectivity index (χ1v) is 7.14. The van der Waals surface area contributed by atoms with Crippen molar-refractivity contribution in [1.82, 2.24) is 14.8 Å². The van der Waals surface area contributed by atoms with E-state index in [2.05, 4.69) is 15.4 Å². The van der Waals surface area contributed by atoms with Gasteiger partial charge in [-0.05, 0) is 30.3 Å². The molecule has 0 saturated carbocycles. The van der Waals surface area contributed by atoms with Crippen molar-refractivity contribution in [2.24, 2.45) is 0 Å². The highest BCUT2D eigenvalue weighted by molar-refractivity contribution is 6.29. The van der Waals surface area contributed by atoms with Crippen molar-refractivity contribution in [3.8, 4) is 5.69 Å². The lowest BCUT2D eigenvalue weighted by Gasteiger charge is -2.03. The van der Waals surface area contributed by atoms with E-state index in [0.717, 1.165) is 0 Å². The van der Waals surface area contributed by atoms with E-state index in [0.29, 0.717) is 16.5 Å². The number of anilines is 1. The maximum atomic E-state index is 12.2. The van der Waals surface area contributed by atoms with Gasteiger partial charge >= 0.3 is 0 Å². The van der Waals surface area contributed by atoms with Crippen LogP contribution in [-0.2, 0) is 0 Å². The molecule has 3 aromatic rings. The fourth-order valence-corrected chi connectivity index (χ4v) is 2.07. The largest absolute Gasteiger partial charge is 0.319 e. The van der Waals surface area contributed by atoms with Crippen molar-refractivity contribution in [2.75, 3.05) is 5.32 Å². The molecular weight excluding hydrogens is 334 g/mol. The molecule has 0 unspecified atom stereocenters. The molecule has 2 heterocycles. The number of nitro benzene ring substituents is 1. The van der Waals surface area contributed by atoms with E-state index >= 15 is 0 Å². The number of rotatable bonds is 4. The smallest absolute Gasteiger partial charge is 0.276 e. The number of carbonyl (C=O) groups is 1. The van der Waals surface area contributed by atoms with Crippen LogP contribution in [-0.4, -0.2) is 25.6 Å². The van der Waals surface area contributed by atoms with Crippen molar-refractivity contribution in [1.29, 1.82) is 0 Å². The van der Waals surface area contributed by atoms with Gasteiger partial charge < -0.3 is 5.32 Å². The average molecular weight is 344 g/mol. The summed E-state index contributed by atoms with van der Waals surface area (Å²) >= 11 is 5.69. The molecule has 1 amide bonds. The third-order valence-corrected chi connectivity index (χ3v) is 3.36. The second kappa shape index (κ2) is 6.47. The van der Waals surface area contributed by atoms with Gasteiger partial charge in [0.2, 0.25) is 0 Å². The summed E-state index contributed by atoms with van der Waals surface area (Å²) in [4.78, 5) is 26.2. The molecule has 0 fully saturated rings. The molecule has 0 aliphatic carbocycles. The summed E-state index contributed by atoms with van der Waals surface area (Å²) in [5, 5.41) is 17.8. The number of halogens is 1. The van der Waals surface area contributed by atoms with E-state index in [1.165, 1.54) is 23.0 Å². The number of benzene rings is 1. The van der Waals surface area contributed by atoms with Crippen molar-refractivity contribution < 1.29 is 9.72 Å². The van der Waals surface area contributed by atoms with Crippen molar-refractivity contribution in [3.63, 3.8) is 0 Å². The Morgan fingerprint density at radius 1 is 1.17 bits per heavy atom. The van der Waals surface area contributed by atoms with Gasteiger partial charge in [-0.3, -0.25) is 14.9 Å². The molecule has 0 bridgehead atoms. The molecular formula is C15H10ClN5O3. The molecule has 0 radical (unpaired) electrons. The SMILES string of the molecule is O=C(Nc1ccc(Cl)nc1)c1ccn(-c2ccc([N+](=O)[O-])cc2)n1. The van der Waals surface area contributed by atoms with Crippen molar-refractivity contribution in [3.05, 3.63) is 75.8 Å². The van der Waals surface area contributed by atoms with E-state index in [1.807, 2.05) is 0 Å². The molecule has 8 nitrogen and oxygen atoms in total. The Bertz CT molecular complexity index is 890. The van der Waals surface area contributed by atoms with Crippen molar-refractivity contribution in [2.45, 2.75) is 0 Å². The minimum absolute atomic E-state index is 0.0147. The summed E-state index contributed by atoms with van der Waals surface area (Å²) in [6.07, 6.45) is 3.03. The van der Waals surface area contributed by atoms with Gasteiger partial charge in [-0.25, -0.2) is 9.67 Å². The molecule has 0 aliphatic heterocycles. The van der Waals surface area contributed by atoms with Gasteiger partial charge in [-0.1, -0.05) is 11.6 Å². The molecule has 1 aromatic carbocycles. The predicted octanol–water partition coefficient (Wildman–Crippen LogP) is 3.08. The first-order valence-electron chi connectivity index (χ1n) is 6.76. The van der Waals surface area contributed by atoms with E-state index < -0.39 is 10.8 Å². The highest BCUT2D eigenvalue weighted by Crippen LogP contribution is 2.15. The lowest BCUT2D eigenvalue weighted by atomic mass is 10.3. The van der Waals surface area contributed by atoms with Crippen molar-refractivity contribution >= 4 is 28.9 Å². The number of nitro groups is 1. The fraction of sp³-hybridized carbons (Fsp3) is 0. The van der Waals surface area contributed by atoms with Crippen LogP contribution < -0.4 is 5.32 Å². The minimum Gasteiger partial charge on any atom is -0.319 e. The molecule has 9 heteroatoms. The van der Waals surface area contributed by atoms with Crippen LogP contribution in [0.25, 0.3) is 5.69 Å². The normalized spacial score (nSPS) is 10.4. The van der Waals surface area contributed by atoms with Gasteiger partial charge in [0, 0.05) is 18.3 Å². The zero-order valence-corrected chi connectivity index (χ0v) is 12.8. The number of amides is 1. The molecule has 2 aromatic heterocycles. The summed E-state index contributed by atoms with van der Waals surface area (Å²) in [5.74, 6) is -0.403. The van der Waals surface area contributed by atoms with E-state index in [-0.39, 0.29) is 11.4 Å². The predicted molar refractivity (Wildman–Crippen MR) is 87.4 cm³/mol. The quantitative estimate of drug-likeness (QED) is 0.445. The van der Waals surface area contributed by atoms with E-state index in [1.54, 1.807) is 36.5 Å². The highest BCUT2D eigenvalue weighted by Gasteiger charge is 2.11. The number of hydrogen-bond acceptors (Lipinski definition) is 5. The molecule has 0 spiro atoms. The number of non-ortho nitro benzene ring substituents is 1. The molecule has 1 N–H and O–H groups in total. The Balaban J connectivity index is 1.75. The molecule has 24 heavy (non-hydrogen) atoms. The Labute approximate surface area is 140 Å². The van der Waals surface area contributed by atoms with E-state index in [9.17, 15) is 14.9 Å². The first-order chi connectivity index (χ1) is 11.5. The molecule has 0 saturated heterocycles. The third kappa shape index (κ3) is 3.39. The number of pyridine rings is 1. The number of nitrogens with zero attached hydrogens (tertiary/aromatic N) is 4. The second-order valence-corrected chi connectivity index (χ2v) is 5.13. The topological polar surface area (TPSA) is 103 Å². The average Bonchev–Trinajstić information content (AvgIpc) is 3.07. The van der Waals surface area contributed by atoms with Crippen LogP contribution in [0.5, 0.6) is 0 Å². The second-order valence-electron chi connectivity index (χ2n) is 4.74. The van der Waals surface area contributed by atoms with Crippen LogP contribution >= 0.6 is 11.6 Å². The number of aromatic nitrogens is 3. The summed E-state index contributed by atoms with van der Waals surface area (Å²) < 4.78 is 1.46. The first kappa shape index (κ1) is 15.6. The molecule has 120 valence electrons. The standard InChI is InChI=1S/C15H10ClN5O3/c16-14-6-1-10(9-17-14)18-15(22)13-7-8-20(19-13)11-2-4-12(5-3-11)21(23)24/h1-9H,(H,18,22). The van der Waals surface area contributed by atoms with Crippen LogP contribution in [0.15, 0.2) is 54.9 Å². The Morgan fingerprint density at radius 2 is 1.92 bits per heavy atom. The Kier molecular flexibility index (Phi) is 4.21. The lowest BCUT2D eigenvalue weighted by Crippen LogP contribution is -2.13. The van der Waals surface area contributed by atoms with Gasteiger partial charge in [-0.15, -0.1) is 0 Å². The van der Waals surface area contributed by atoms with E-state index in [4.69, 9.17) is 11.6 Å². The zero-order valence-electron chi connectivity index (χ0n) is 12.1. The lowest BCUT2D eigenvalue weighted by molar-refractivity contribution is -0.384. The highest BCUT2D eigenvalue weighted by atomic mass is 35.5. The molecule has 0 atom stereocenters. The third-order valence-electron chi connectivity index (χ3n) is 3.13. The maximum Gasteiger partial charge on any atom is 0.276 e. The summed E-state index contributed by atoms with van der Waals surface area (Å²) in [6.45, 7) is 0. The number of carbonyl (C=O) groups excluding carboxylic acids is 1. The van der Waals surface area contributed by atoms with Crippen LogP contribution in [0, 0.1) is 10.1 Å². The number of hydrogen-bond donors (Lipinski definition) is 1.